The number of amides is 1. The zero-order chi connectivity index (χ0) is 19.2. The molecule has 2 aromatic carbocycles. The third-order valence-corrected chi connectivity index (χ3v) is 5.31. The Morgan fingerprint density at radius 1 is 1.11 bits per heavy atom. The summed E-state index contributed by atoms with van der Waals surface area (Å²) in [5.41, 5.74) is 2.24. The first-order valence-electron chi connectivity index (χ1n) is 9.36. The van der Waals surface area contributed by atoms with Gasteiger partial charge in [0.25, 0.3) is 5.19 Å². The molecule has 0 bridgehead atoms. The largest absolute Gasteiger partial charge is 0.489 e. The monoisotopic (exact) mass is 394 g/mol. The highest BCUT2D eigenvalue weighted by atomic mass is 32.1. The first-order valence-corrected chi connectivity index (χ1v) is 10.2. The number of thiazole rings is 1. The van der Waals surface area contributed by atoms with Gasteiger partial charge in [-0.25, -0.2) is 4.98 Å². The third-order valence-electron chi connectivity index (χ3n) is 4.65. The summed E-state index contributed by atoms with van der Waals surface area (Å²) in [4.78, 5) is 18.3. The lowest BCUT2D eigenvalue weighted by Crippen LogP contribution is -2.56. The van der Waals surface area contributed by atoms with Gasteiger partial charge in [0.05, 0.1) is 13.1 Å². The van der Waals surface area contributed by atoms with Gasteiger partial charge in [-0.05, 0) is 29.7 Å². The number of aryl methyl sites for hydroxylation is 1. The molecule has 0 aliphatic carbocycles. The molecule has 1 fully saturated rings. The third kappa shape index (κ3) is 4.89. The summed E-state index contributed by atoms with van der Waals surface area (Å²) in [7, 11) is 0. The van der Waals surface area contributed by atoms with Crippen LogP contribution in [-0.4, -0.2) is 35.0 Å². The fourth-order valence-electron chi connectivity index (χ4n) is 3.07. The molecule has 0 N–H and O–H groups in total. The van der Waals surface area contributed by atoms with Gasteiger partial charge in [0.15, 0.2) is 0 Å². The van der Waals surface area contributed by atoms with E-state index in [1.165, 1.54) is 11.3 Å². The number of hydrogen-bond donors (Lipinski definition) is 0. The van der Waals surface area contributed by atoms with Crippen LogP contribution in [0.15, 0.2) is 66.2 Å². The smallest absolute Gasteiger partial charge is 0.273 e. The van der Waals surface area contributed by atoms with Gasteiger partial charge in [-0.2, -0.15) is 0 Å². The molecule has 3 aromatic rings. The highest BCUT2D eigenvalue weighted by Gasteiger charge is 2.32. The van der Waals surface area contributed by atoms with Crippen LogP contribution in [0.3, 0.4) is 0 Å². The van der Waals surface area contributed by atoms with Crippen LogP contribution in [0.25, 0.3) is 0 Å². The molecule has 28 heavy (non-hydrogen) atoms. The van der Waals surface area contributed by atoms with Crippen molar-refractivity contribution in [1.82, 2.24) is 9.88 Å². The zero-order valence-corrected chi connectivity index (χ0v) is 16.3. The Hall–Kier alpha value is -2.86. The molecule has 6 heteroatoms. The fourth-order valence-corrected chi connectivity index (χ4v) is 3.62. The minimum absolute atomic E-state index is 0.0600. The van der Waals surface area contributed by atoms with Crippen molar-refractivity contribution in [2.75, 3.05) is 13.1 Å². The van der Waals surface area contributed by atoms with Gasteiger partial charge >= 0.3 is 0 Å². The van der Waals surface area contributed by atoms with E-state index in [9.17, 15) is 4.79 Å². The standard InChI is InChI=1S/C22H22N2O3S/c25-21(24-14-20(15-24)27-22-23-11-12-28-22)10-9-17-7-4-8-19(13-17)26-16-18-5-2-1-3-6-18/h1-8,11-13,20H,9-10,14-16H2. The molecule has 1 amide bonds. The highest BCUT2D eigenvalue weighted by Crippen LogP contribution is 2.21. The second-order valence-electron chi connectivity index (χ2n) is 6.76. The summed E-state index contributed by atoms with van der Waals surface area (Å²) in [6.45, 7) is 1.81. The molecule has 1 aliphatic heterocycles. The highest BCUT2D eigenvalue weighted by molar-refractivity contribution is 7.11. The van der Waals surface area contributed by atoms with Crippen LogP contribution in [0, 0.1) is 0 Å². The molecular weight excluding hydrogens is 372 g/mol. The Morgan fingerprint density at radius 3 is 2.71 bits per heavy atom. The number of ether oxygens (including phenoxy) is 2. The van der Waals surface area contributed by atoms with E-state index in [2.05, 4.69) is 4.98 Å². The summed E-state index contributed by atoms with van der Waals surface area (Å²) in [6, 6.07) is 18.1. The van der Waals surface area contributed by atoms with Gasteiger partial charge < -0.3 is 14.4 Å². The summed E-state index contributed by atoms with van der Waals surface area (Å²) in [6.07, 6.45) is 2.98. The molecular formula is C22H22N2O3S. The molecule has 4 rings (SSSR count). The minimum atomic E-state index is 0.0600. The van der Waals surface area contributed by atoms with Gasteiger partial charge in [-0.1, -0.05) is 53.8 Å². The van der Waals surface area contributed by atoms with Crippen molar-refractivity contribution in [2.24, 2.45) is 0 Å². The van der Waals surface area contributed by atoms with Crippen LogP contribution >= 0.6 is 11.3 Å². The van der Waals surface area contributed by atoms with Gasteiger partial charge in [-0.15, -0.1) is 0 Å². The lowest BCUT2D eigenvalue weighted by atomic mass is 10.1. The minimum Gasteiger partial charge on any atom is -0.489 e. The fraction of sp³-hybridized carbons (Fsp3) is 0.273. The normalized spacial score (nSPS) is 13.8. The average molecular weight is 394 g/mol. The van der Waals surface area contributed by atoms with E-state index in [4.69, 9.17) is 9.47 Å². The van der Waals surface area contributed by atoms with Crippen LogP contribution in [0.4, 0.5) is 0 Å². The number of carbonyl (C=O) groups is 1. The Kier molecular flexibility index (Phi) is 5.87. The van der Waals surface area contributed by atoms with Gasteiger partial charge in [0, 0.05) is 18.0 Å². The topological polar surface area (TPSA) is 51.7 Å². The van der Waals surface area contributed by atoms with Crippen LogP contribution in [-0.2, 0) is 17.8 Å². The number of benzene rings is 2. The van der Waals surface area contributed by atoms with Crippen LogP contribution < -0.4 is 9.47 Å². The Morgan fingerprint density at radius 2 is 1.93 bits per heavy atom. The van der Waals surface area contributed by atoms with Crippen molar-refractivity contribution in [2.45, 2.75) is 25.6 Å². The first-order chi connectivity index (χ1) is 13.8. The maximum atomic E-state index is 12.4. The summed E-state index contributed by atoms with van der Waals surface area (Å²) in [5.74, 6) is 0.990. The van der Waals surface area contributed by atoms with Crippen LogP contribution in [0.5, 0.6) is 10.9 Å². The van der Waals surface area contributed by atoms with E-state index in [1.54, 1.807) is 6.20 Å². The molecule has 0 atom stereocenters. The average Bonchev–Trinajstić information content (AvgIpc) is 3.21. The Labute approximate surface area is 168 Å². The summed E-state index contributed by atoms with van der Waals surface area (Å²) >= 11 is 1.47. The SMILES string of the molecule is O=C(CCc1cccc(OCc2ccccc2)c1)N1CC(Oc2nccs2)C1. The molecule has 144 valence electrons. The second kappa shape index (κ2) is 8.89. The molecule has 0 radical (unpaired) electrons. The van der Waals surface area contributed by atoms with Crippen molar-refractivity contribution in [3.8, 4) is 10.9 Å². The predicted molar refractivity (Wildman–Crippen MR) is 109 cm³/mol. The number of hydrogen-bond acceptors (Lipinski definition) is 5. The van der Waals surface area contributed by atoms with E-state index in [1.807, 2.05) is 64.9 Å². The van der Waals surface area contributed by atoms with Crippen molar-refractivity contribution < 1.29 is 14.3 Å². The van der Waals surface area contributed by atoms with Gasteiger partial charge in [0.2, 0.25) is 5.91 Å². The first kappa shape index (κ1) is 18.5. The number of likely N-dealkylation sites (tertiary alicyclic amines) is 1. The summed E-state index contributed by atoms with van der Waals surface area (Å²) < 4.78 is 11.6. The van der Waals surface area contributed by atoms with Gasteiger partial charge in [0.1, 0.15) is 18.5 Å². The van der Waals surface area contributed by atoms with E-state index in [-0.39, 0.29) is 12.0 Å². The van der Waals surface area contributed by atoms with Crippen molar-refractivity contribution in [3.63, 3.8) is 0 Å². The van der Waals surface area contributed by atoms with Gasteiger partial charge in [-0.3, -0.25) is 4.79 Å². The Bertz CT molecular complexity index is 893. The maximum absolute atomic E-state index is 12.4. The molecule has 0 saturated carbocycles. The number of carbonyl (C=O) groups excluding carboxylic acids is 1. The lowest BCUT2D eigenvalue weighted by Gasteiger charge is -2.38. The van der Waals surface area contributed by atoms with E-state index >= 15 is 0 Å². The maximum Gasteiger partial charge on any atom is 0.273 e. The van der Waals surface area contributed by atoms with E-state index in [0.717, 1.165) is 16.9 Å². The number of aromatic nitrogens is 1. The van der Waals surface area contributed by atoms with Crippen molar-refractivity contribution in [3.05, 3.63) is 77.3 Å². The molecule has 2 heterocycles. The van der Waals surface area contributed by atoms with E-state index < -0.39 is 0 Å². The molecule has 1 aromatic heterocycles. The van der Waals surface area contributed by atoms with Crippen LogP contribution in [0.2, 0.25) is 0 Å². The second-order valence-corrected chi connectivity index (χ2v) is 7.62. The van der Waals surface area contributed by atoms with E-state index in [0.29, 0.717) is 37.7 Å². The molecule has 0 spiro atoms. The zero-order valence-electron chi connectivity index (χ0n) is 15.5. The van der Waals surface area contributed by atoms with Crippen molar-refractivity contribution in [1.29, 1.82) is 0 Å². The lowest BCUT2D eigenvalue weighted by molar-refractivity contribution is -0.139. The number of nitrogens with zero attached hydrogens (tertiary/aromatic N) is 2. The summed E-state index contributed by atoms with van der Waals surface area (Å²) in [5, 5.41) is 2.55. The predicted octanol–water partition coefficient (Wildman–Crippen LogP) is 3.94. The number of rotatable bonds is 8. The van der Waals surface area contributed by atoms with Crippen LogP contribution in [0.1, 0.15) is 17.5 Å². The molecule has 1 saturated heterocycles. The molecule has 5 nitrogen and oxygen atoms in total. The Balaban J connectivity index is 1.21. The molecule has 0 unspecified atom stereocenters. The quantitative estimate of drug-likeness (QED) is 0.581. The van der Waals surface area contributed by atoms with Crippen molar-refractivity contribution >= 4 is 17.2 Å². The molecule has 1 aliphatic rings.